The molecule has 104 valence electrons. The zero-order valence-corrected chi connectivity index (χ0v) is 13.3. The number of Topliss-reactive ketones (excluding diaryl/α,β-unsaturated/α-hetero) is 1. The van der Waals surface area contributed by atoms with Crippen LogP contribution in [0.1, 0.15) is 28.4 Å². The molecule has 2 rings (SSSR count). The van der Waals surface area contributed by atoms with Crippen molar-refractivity contribution in [3.63, 3.8) is 0 Å². The van der Waals surface area contributed by atoms with Gasteiger partial charge in [-0.3, -0.25) is 9.78 Å². The monoisotopic (exact) mass is 333 g/mol. The van der Waals surface area contributed by atoms with Crippen molar-refractivity contribution in [3.05, 3.63) is 57.8 Å². The summed E-state index contributed by atoms with van der Waals surface area (Å²) in [7, 11) is 0. The van der Waals surface area contributed by atoms with Gasteiger partial charge in [0.2, 0.25) is 5.78 Å². The van der Waals surface area contributed by atoms with Crippen molar-refractivity contribution in [1.29, 1.82) is 0 Å². The van der Waals surface area contributed by atoms with Gasteiger partial charge < -0.3 is 4.74 Å². The minimum atomic E-state index is -0.548. The number of pyridine rings is 1. The van der Waals surface area contributed by atoms with Gasteiger partial charge in [0, 0.05) is 16.2 Å². The Morgan fingerprint density at radius 2 is 1.95 bits per heavy atom. The molecule has 4 heteroatoms. The van der Waals surface area contributed by atoms with Crippen LogP contribution in [0.2, 0.25) is 0 Å². The van der Waals surface area contributed by atoms with Gasteiger partial charge in [-0.25, -0.2) is 0 Å². The summed E-state index contributed by atoms with van der Waals surface area (Å²) in [6, 6.07) is 7.48. The van der Waals surface area contributed by atoms with Crippen LogP contribution in [0.3, 0.4) is 0 Å². The third-order valence-corrected chi connectivity index (χ3v) is 3.59. The molecule has 0 spiro atoms. The van der Waals surface area contributed by atoms with Crippen molar-refractivity contribution < 1.29 is 9.53 Å². The molecule has 1 aromatic heterocycles. The summed E-state index contributed by atoms with van der Waals surface area (Å²) < 4.78 is 6.46. The molecule has 0 saturated carbocycles. The average Bonchev–Trinajstić information content (AvgIpc) is 2.41. The quantitative estimate of drug-likeness (QED) is 0.790. The summed E-state index contributed by atoms with van der Waals surface area (Å²) >= 11 is 3.32. The first-order valence-corrected chi connectivity index (χ1v) is 7.15. The third-order valence-electron chi connectivity index (χ3n) is 3.15. The highest BCUT2D eigenvalue weighted by Crippen LogP contribution is 2.19. The number of carbonyl (C=O) groups is 1. The largest absolute Gasteiger partial charge is 0.481 e. The number of rotatable bonds is 4. The van der Waals surface area contributed by atoms with Crippen molar-refractivity contribution in [2.24, 2.45) is 0 Å². The van der Waals surface area contributed by atoms with E-state index in [9.17, 15) is 4.79 Å². The van der Waals surface area contributed by atoms with Crippen molar-refractivity contribution in [2.45, 2.75) is 26.9 Å². The number of benzene rings is 1. The Hall–Kier alpha value is -1.68. The predicted molar refractivity (Wildman–Crippen MR) is 82.3 cm³/mol. The molecule has 0 N–H and O–H groups in total. The van der Waals surface area contributed by atoms with Crippen LogP contribution in [0, 0.1) is 13.8 Å². The van der Waals surface area contributed by atoms with Gasteiger partial charge in [-0.05, 0) is 60.0 Å². The van der Waals surface area contributed by atoms with Crippen LogP contribution in [-0.4, -0.2) is 16.9 Å². The SMILES string of the molecule is Cc1ccc(C(=O)C(C)Oc2cncc(Br)c2)cc1C. The van der Waals surface area contributed by atoms with Crippen LogP contribution in [0.25, 0.3) is 0 Å². The highest BCUT2D eigenvalue weighted by molar-refractivity contribution is 9.10. The van der Waals surface area contributed by atoms with E-state index < -0.39 is 6.10 Å². The number of halogens is 1. The van der Waals surface area contributed by atoms with E-state index in [1.807, 2.05) is 32.0 Å². The molecule has 20 heavy (non-hydrogen) atoms. The Bertz CT molecular complexity index is 640. The second-order valence-electron chi connectivity index (χ2n) is 4.76. The lowest BCUT2D eigenvalue weighted by Crippen LogP contribution is -2.24. The normalized spacial score (nSPS) is 12.0. The molecule has 0 amide bonds. The van der Waals surface area contributed by atoms with Gasteiger partial charge in [0.15, 0.2) is 6.10 Å². The Balaban J connectivity index is 2.14. The highest BCUT2D eigenvalue weighted by atomic mass is 79.9. The molecule has 0 bridgehead atoms. The molecule has 0 aliphatic rings. The van der Waals surface area contributed by atoms with Crippen molar-refractivity contribution in [3.8, 4) is 5.75 Å². The molecule has 1 unspecified atom stereocenters. The first-order valence-electron chi connectivity index (χ1n) is 6.36. The van der Waals surface area contributed by atoms with Crippen LogP contribution in [0.4, 0.5) is 0 Å². The number of hydrogen-bond donors (Lipinski definition) is 0. The molecule has 3 nitrogen and oxygen atoms in total. The molecule has 0 fully saturated rings. The summed E-state index contributed by atoms with van der Waals surface area (Å²) in [6.45, 7) is 5.77. The molecule has 0 saturated heterocycles. The van der Waals surface area contributed by atoms with E-state index in [0.29, 0.717) is 11.3 Å². The first kappa shape index (κ1) is 14.7. The fraction of sp³-hybridized carbons (Fsp3) is 0.250. The number of aromatic nitrogens is 1. The Morgan fingerprint density at radius 1 is 1.20 bits per heavy atom. The van der Waals surface area contributed by atoms with E-state index in [4.69, 9.17) is 4.74 Å². The van der Waals surface area contributed by atoms with Crippen molar-refractivity contribution in [2.75, 3.05) is 0 Å². The fourth-order valence-electron chi connectivity index (χ4n) is 1.84. The van der Waals surface area contributed by atoms with Gasteiger partial charge >= 0.3 is 0 Å². The summed E-state index contributed by atoms with van der Waals surface area (Å²) in [6.07, 6.45) is 2.71. The smallest absolute Gasteiger partial charge is 0.203 e. The summed E-state index contributed by atoms with van der Waals surface area (Å²) in [5, 5.41) is 0. The van der Waals surface area contributed by atoms with Crippen molar-refractivity contribution >= 4 is 21.7 Å². The van der Waals surface area contributed by atoms with Crippen LogP contribution >= 0.6 is 15.9 Å². The Kier molecular flexibility index (Phi) is 4.55. The summed E-state index contributed by atoms with van der Waals surface area (Å²) in [5.74, 6) is 0.539. The molecule has 2 aromatic rings. The maximum atomic E-state index is 12.3. The van der Waals surface area contributed by atoms with Gasteiger partial charge in [0.1, 0.15) is 5.75 Å². The highest BCUT2D eigenvalue weighted by Gasteiger charge is 2.17. The van der Waals surface area contributed by atoms with Gasteiger partial charge in [-0.15, -0.1) is 0 Å². The number of ketones is 1. The fourth-order valence-corrected chi connectivity index (χ4v) is 2.19. The molecule has 0 aliphatic carbocycles. The number of nitrogens with zero attached hydrogens (tertiary/aromatic N) is 1. The van der Waals surface area contributed by atoms with Gasteiger partial charge in [0.05, 0.1) is 6.20 Å². The molecule has 1 aromatic carbocycles. The lowest BCUT2D eigenvalue weighted by Gasteiger charge is -2.14. The summed E-state index contributed by atoms with van der Waals surface area (Å²) in [4.78, 5) is 16.4. The van der Waals surface area contributed by atoms with Crippen LogP contribution < -0.4 is 4.74 Å². The average molecular weight is 334 g/mol. The summed E-state index contributed by atoms with van der Waals surface area (Å²) in [5.41, 5.74) is 2.95. The first-order chi connectivity index (χ1) is 9.47. The number of ether oxygens (including phenoxy) is 1. The van der Waals surface area contributed by atoms with Crippen LogP contribution in [0.5, 0.6) is 5.75 Å². The molecule has 1 heterocycles. The van der Waals surface area contributed by atoms with Gasteiger partial charge in [-0.1, -0.05) is 12.1 Å². The van der Waals surface area contributed by atoms with Crippen molar-refractivity contribution in [1.82, 2.24) is 4.98 Å². The van der Waals surface area contributed by atoms with E-state index in [2.05, 4.69) is 20.9 Å². The Labute approximate surface area is 127 Å². The molecular formula is C16H16BrNO2. The van der Waals surface area contributed by atoms with E-state index in [1.165, 1.54) is 5.56 Å². The second-order valence-corrected chi connectivity index (χ2v) is 5.68. The predicted octanol–water partition coefficient (Wildman–Crippen LogP) is 4.11. The van der Waals surface area contributed by atoms with Crippen LogP contribution in [0.15, 0.2) is 41.1 Å². The van der Waals surface area contributed by atoms with Gasteiger partial charge in [-0.2, -0.15) is 0 Å². The topological polar surface area (TPSA) is 39.2 Å². The number of aryl methyl sites for hydroxylation is 2. The zero-order valence-electron chi connectivity index (χ0n) is 11.7. The molecule has 1 atom stereocenters. The zero-order chi connectivity index (χ0) is 14.7. The van der Waals surface area contributed by atoms with E-state index in [-0.39, 0.29) is 5.78 Å². The third kappa shape index (κ3) is 3.45. The van der Waals surface area contributed by atoms with E-state index in [0.717, 1.165) is 10.0 Å². The van der Waals surface area contributed by atoms with Crippen LogP contribution in [-0.2, 0) is 0 Å². The maximum absolute atomic E-state index is 12.3. The standard InChI is InChI=1S/C16H16BrNO2/c1-10-4-5-13(6-11(10)2)16(19)12(3)20-15-7-14(17)8-18-9-15/h4-9,12H,1-3H3. The van der Waals surface area contributed by atoms with Gasteiger partial charge in [0.25, 0.3) is 0 Å². The minimum absolute atomic E-state index is 0.0342. The Morgan fingerprint density at radius 3 is 2.60 bits per heavy atom. The minimum Gasteiger partial charge on any atom is -0.481 e. The second kappa shape index (κ2) is 6.18. The number of carbonyl (C=O) groups excluding carboxylic acids is 1. The molecule has 0 aliphatic heterocycles. The van der Waals surface area contributed by atoms with E-state index in [1.54, 1.807) is 25.4 Å². The lowest BCUT2D eigenvalue weighted by molar-refractivity contribution is 0.0817. The number of hydrogen-bond acceptors (Lipinski definition) is 3. The maximum Gasteiger partial charge on any atom is 0.203 e. The van der Waals surface area contributed by atoms with E-state index >= 15 is 0 Å². The molecule has 0 radical (unpaired) electrons. The molecular weight excluding hydrogens is 318 g/mol. The lowest BCUT2D eigenvalue weighted by atomic mass is 10.0.